The zero-order chi connectivity index (χ0) is 20.3. The van der Waals surface area contributed by atoms with Gasteiger partial charge in [-0.3, -0.25) is 4.79 Å². The molecular weight excluding hydrogens is 443 g/mol. The summed E-state index contributed by atoms with van der Waals surface area (Å²) in [5.74, 6) is -1.24. The van der Waals surface area contributed by atoms with E-state index in [1.165, 1.54) is 18.3 Å². The van der Waals surface area contributed by atoms with E-state index in [0.717, 1.165) is 5.56 Å². The van der Waals surface area contributed by atoms with Gasteiger partial charge in [-0.1, -0.05) is 53.0 Å². The van der Waals surface area contributed by atoms with Crippen molar-refractivity contribution < 1.29 is 14.3 Å². The normalized spacial score (nSPS) is 11.7. The van der Waals surface area contributed by atoms with Gasteiger partial charge in [-0.15, -0.1) is 11.3 Å². The Balaban J connectivity index is 1.65. The number of nitrogens with zero attached hydrogens (tertiary/aromatic N) is 1. The van der Waals surface area contributed by atoms with E-state index >= 15 is 0 Å². The van der Waals surface area contributed by atoms with E-state index in [1.807, 2.05) is 6.07 Å². The molecule has 3 rings (SSSR count). The van der Waals surface area contributed by atoms with E-state index in [4.69, 9.17) is 39.5 Å². The molecule has 5 nitrogen and oxygen atoms in total. The molecule has 1 aromatic heterocycles. The fraction of sp³-hybridized carbons (Fsp3) is 0.105. The smallest absolute Gasteiger partial charge is 0.358 e. The summed E-state index contributed by atoms with van der Waals surface area (Å²) < 4.78 is 5.20. The fourth-order valence-electron chi connectivity index (χ4n) is 2.23. The van der Waals surface area contributed by atoms with Crippen molar-refractivity contribution in [3.8, 4) is 10.6 Å². The summed E-state index contributed by atoms with van der Waals surface area (Å²) in [4.78, 5) is 28.9. The van der Waals surface area contributed by atoms with E-state index in [9.17, 15) is 9.59 Å². The van der Waals surface area contributed by atoms with Crippen LogP contribution in [0.3, 0.4) is 0 Å². The number of amides is 1. The first-order valence-electron chi connectivity index (χ1n) is 8.02. The van der Waals surface area contributed by atoms with Gasteiger partial charge in [-0.05, 0) is 31.2 Å². The molecule has 0 saturated heterocycles. The zero-order valence-corrected chi connectivity index (χ0v) is 17.5. The second-order valence-electron chi connectivity index (χ2n) is 5.69. The molecule has 0 radical (unpaired) electrons. The van der Waals surface area contributed by atoms with Crippen molar-refractivity contribution in [2.75, 3.05) is 5.32 Å². The third-order valence-electron chi connectivity index (χ3n) is 3.65. The number of carbonyl (C=O) groups excluding carboxylic acids is 2. The number of rotatable bonds is 5. The Morgan fingerprint density at radius 3 is 2.64 bits per heavy atom. The predicted molar refractivity (Wildman–Crippen MR) is 113 cm³/mol. The van der Waals surface area contributed by atoms with Crippen LogP contribution < -0.4 is 5.32 Å². The zero-order valence-electron chi connectivity index (χ0n) is 14.4. The van der Waals surface area contributed by atoms with Crippen LogP contribution in [0.4, 0.5) is 5.69 Å². The van der Waals surface area contributed by atoms with Crippen molar-refractivity contribution in [2.45, 2.75) is 13.0 Å². The van der Waals surface area contributed by atoms with E-state index in [-0.39, 0.29) is 10.7 Å². The Bertz CT molecular complexity index is 1040. The van der Waals surface area contributed by atoms with Crippen molar-refractivity contribution in [1.82, 2.24) is 4.98 Å². The molecule has 0 saturated carbocycles. The van der Waals surface area contributed by atoms with Gasteiger partial charge in [-0.25, -0.2) is 9.78 Å². The predicted octanol–water partition coefficient (Wildman–Crippen LogP) is 5.95. The molecule has 0 spiro atoms. The summed E-state index contributed by atoms with van der Waals surface area (Å²) in [7, 11) is 0. The molecule has 1 atom stereocenters. The van der Waals surface area contributed by atoms with Gasteiger partial charge in [-0.2, -0.15) is 0 Å². The summed E-state index contributed by atoms with van der Waals surface area (Å²) in [5, 5.41) is 5.86. The third-order valence-corrected chi connectivity index (χ3v) is 5.59. The molecule has 0 bridgehead atoms. The Morgan fingerprint density at radius 2 is 1.89 bits per heavy atom. The number of aromatic nitrogens is 1. The SMILES string of the molecule is CC(OC(=O)c1csc(-c2cccc(Cl)c2)n1)C(=O)Nc1cccc(Cl)c1Cl. The molecule has 9 heteroatoms. The molecule has 0 aliphatic heterocycles. The topological polar surface area (TPSA) is 68.3 Å². The van der Waals surface area contributed by atoms with Crippen molar-refractivity contribution in [3.63, 3.8) is 0 Å². The van der Waals surface area contributed by atoms with Crippen molar-refractivity contribution in [1.29, 1.82) is 0 Å². The Labute approximate surface area is 180 Å². The van der Waals surface area contributed by atoms with Crippen LogP contribution in [0.1, 0.15) is 17.4 Å². The van der Waals surface area contributed by atoms with Crippen molar-refractivity contribution in [3.05, 3.63) is 68.6 Å². The minimum absolute atomic E-state index is 0.111. The number of carbonyl (C=O) groups is 2. The molecule has 1 heterocycles. The molecule has 28 heavy (non-hydrogen) atoms. The molecule has 144 valence electrons. The van der Waals surface area contributed by atoms with E-state index in [2.05, 4.69) is 10.3 Å². The minimum Gasteiger partial charge on any atom is -0.448 e. The highest BCUT2D eigenvalue weighted by molar-refractivity contribution is 7.13. The lowest BCUT2D eigenvalue weighted by Gasteiger charge is -2.14. The van der Waals surface area contributed by atoms with Crippen LogP contribution in [0.25, 0.3) is 10.6 Å². The van der Waals surface area contributed by atoms with Crippen LogP contribution in [0, 0.1) is 0 Å². The molecule has 1 N–H and O–H groups in total. The average molecular weight is 456 g/mol. The molecule has 1 unspecified atom stereocenters. The van der Waals surface area contributed by atoms with E-state index in [1.54, 1.807) is 41.8 Å². The van der Waals surface area contributed by atoms with Crippen LogP contribution in [0.2, 0.25) is 15.1 Å². The lowest BCUT2D eigenvalue weighted by Crippen LogP contribution is -2.30. The van der Waals surface area contributed by atoms with Gasteiger partial charge < -0.3 is 10.1 Å². The molecule has 0 fully saturated rings. The minimum atomic E-state index is -1.06. The van der Waals surface area contributed by atoms with Crippen LogP contribution in [0.5, 0.6) is 0 Å². The second-order valence-corrected chi connectivity index (χ2v) is 7.77. The van der Waals surface area contributed by atoms with Crippen LogP contribution in [-0.2, 0) is 9.53 Å². The van der Waals surface area contributed by atoms with Crippen LogP contribution >= 0.6 is 46.1 Å². The summed E-state index contributed by atoms with van der Waals surface area (Å²) in [6.45, 7) is 1.45. The molecule has 2 aromatic carbocycles. The molecule has 0 aliphatic carbocycles. The summed E-state index contributed by atoms with van der Waals surface area (Å²) in [6.07, 6.45) is -1.06. The van der Waals surface area contributed by atoms with Crippen LogP contribution in [-0.4, -0.2) is 23.0 Å². The van der Waals surface area contributed by atoms with Crippen molar-refractivity contribution in [2.24, 2.45) is 0 Å². The highest BCUT2D eigenvalue weighted by Gasteiger charge is 2.22. The van der Waals surface area contributed by atoms with Gasteiger partial charge in [0, 0.05) is 16.0 Å². The number of hydrogen-bond donors (Lipinski definition) is 1. The van der Waals surface area contributed by atoms with Gasteiger partial charge in [0.05, 0.1) is 15.7 Å². The van der Waals surface area contributed by atoms with Gasteiger partial charge in [0.1, 0.15) is 5.01 Å². The summed E-state index contributed by atoms with van der Waals surface area (Å²) >= 11 is 19.2. The lowest BCUT2D eigenvalue weighted by atomic mass is 10.2. The van der Waals surface area contributed by atoms with E-state index < -0.39 is 18.0 Å². The summed E-state index contributed by atoms with van der Waals surface area (Å²) in [6, 6.07) is 12.0. The van der Waals surface area contributed by atoms with Crippen LogP contribution in [0.15, 0.2) is 47.8 Å². The number of hydrogen-bond acceptors (Lipinski definition) is 5. The second kappa shape index (κ2) is 8.92. The fourth-order valence-corrected chi connectivity index (χ4v) is 3.56. The first-order chi connectivity index (χ1) is 13.3. The number of anilines is 1. The number of ether oxygens (including phenoxy) is 1. The van der Waals surface area contributed by atoms with Gasteiger partial charge in [0.15, 0.2) is 11.8 Å². The first kappa shape index (κ1) is 20.6. The monoisotopic (exact) mass is 454 g/mol. The van der Waals surface area contributed by atoms with Gasteiger partial charge in [0.2, 0.25) is 0 Å². The lowest BCUT2D eigenvalue weighted by molar-refractivity contribution is -0.123. The number of thiazole rings is 1. The molecule has 1 amide bonds. The molecular formula is C19H13Cl3N2O3S. The highest BCUT2D eigenvalue weighted by Crippen LogP contribution is 2.30. The molecule has 3 aromatic rings. The Morgan fingerprint density at radius 1 is 1.14 bits per heavy atom. The van der Waals surface area contributed by atoms with Gasteiger partial charge >= 0.3 is 5.97 Å². The standard InChI is InChI=1S/C19H13Cl3N2O3S/c1-10(17(25)23-14-7-3-6-13(21)16(14)22)27-19(26)15-9-28-18(24-15)11-4-2-5-12(20)8-11/h2-10H,1H3,(H,23,25). The highest BCUT2D eigenvalue weighted by atomic mass is 35.5. The number of esters is 1. The van der Waals surface area contributed by atoms with E-state index in [0.29, 0.717) is 20.7 Å². The number of benzene rings is 2. The maximum atomic E-state index is 12.3. The van der Waals surface area contributed by atoms with Crippen molar-refractivity contribution >= 4 is 63.7 Å². The Kier molecular flexibility index (Phi) is 6.57. The maximum Gasteiger partial charge on any atom is 0.358 e. The van der Waals surface area contributed by atoms with Gasteiger partial charge in [0.25, 0.3) is 5.91 Å². The summed E-state index contributed by atoms with van der Waals surface area (Å²) in [5.41, 5.74) is 1.23. The number of halogens is 3. The third kappa shape index (κ3) is 4.83. The molecule has 0 aliphatic rings. The first-order valence-corrected chi connectivity index (χ1v) is 10.0. The average Bonchev–Trinajstić information content (AvgIpc) is 3.16. The Hall–Kier alpha value is -2.12. The number of nitrogens with one attached hydrogen (secondary N) is 1. The quantitative estimate of drug-likeness (QED) is 0.482. The maximum absolute atomic E-state index is 12.3. The largest absolute Gasteiger partial charge is 0.448 e.